The second-order valence-corrected chi connectivity index (χ2v) is 6.76. The predicted molar refractivity (Wildman–Crippen MR) is 93.8 cm³/mol. The maximum Gasteiger partial charge on any atom is 0.224 e. The molecule has 3 nitrogen and oxygen atoms in total. The summed E-state index contributed by atoms with van der Waals surface area (Å²) in [5.41, 5.74) is 2.12. The maximum atomic E-state index is 12.1. The molecule has 1 aromatic heterocycles. The molecule has 1 saturated heterocycles. The Balaban J connectivity index is 1.56. The van der Waals surface area contributed by atoms with Gasteiger partial charge < -0.3 is 10.2 Å². The molecule has 0 bridgehead atoms. The fourth-order valence-corrected chi connectivity index (χ4v) is 3.56. The van der Waals surface area contributed by atoms with E-state index in [0.717, 1.165) is 25.2 Å². The number of rotatable bonds is 5. The van der Waals surface area contributed by atoms with Crippen molar-refractivity contribution in [3.05, 3.63) is 46.7 Å². The fourth-order valence-electron chi connectivity index (χ4n) is 2.85. The van der Waals surface area contributed by atoms with Crippen LogP contribution in [0.2, 0.25) is 0 Å². The summed E-state index contributed by atoms with van der Waals surface area (Å²) in [4.78, 5) is 15.7. The number of thiophene rings is 1. The lowest BCUT2D eigenvalue weighted by atomic mass is 10.1. The molecular formula is C18H22N2OS. The first-order chi connectivity index (χ1) is 10.8. The first-order valence-corrected chi connectivity index (χ1v) is 8.86. The van der Waals surface area contributed by atoms with Crippen LogP contribution in [0.15, 0.2) is 41.8 Å². The van der Waals surface area contributed by atoms with Crippen molar-refractivity contribution in [2.24, 2.45) is 0 Å². The highest BCUT2D eigenvalue weighted by molar-refractivity contribution is 7.09. The predicted octanol–water partition coefficient (Wildman–Crippen LogP) is 4.31. The molecule has 2 aromatic rings. The monoisotopic (exact) mass is 314 g/mol. The lowest BCUT2D eigenvalue weighted by molar-refractivity contribution is -0.116. The molecule has 2 heterocycles. The van der Waals surface area contributed by atoms with Gasteiger partial charge in [-0.3, -0.25) is 4.79 Å². The highest BCUT2D eigenvalue weighted by atomic mass is 32.1. The second-order valence-electron chi connectivity index (χ2n) is 5.73. The van der Waals surface area contributed by atoms with Gasteiger partial charge in [-0.1, -0.05) is 12.1 Å². The van der Waals surface area contributed by atoms with Crippen molar-refractivity contribution >= 4 is 28.6 Å². The topological polar surface area (TPSA) is 32.3 Å². The first kappa shape index (κ1) is 15.1. The highest BCUT2D eigenvalue weighted by Gasteiger charge is 2.11. The lowest BCUT2D eigenvalue weighted by Gasteiger charge is -2.29. The number of piperidine rings is 1. The van der Waals surface area contributed by atoms with Crippen LogP contribution in [-0.4, -0.2) is 19.0 Å². The fraction of sp³-hybridized carbons (Fsp3) is 0.389. The van der Waals surface area contributed by atoms with Crippen LogP contribution in [0.4, 0.5) is 11.4 Å². The van der Waals surface area contributed by atoms with Gasteiger partial charge in [-0.15, -0.1) is 11.3 Å². The van der Waals surface area contributed by atoms with Crippen LogP contribution in [0.1, 0.15) is 30.6 Å². The number of benzene rings is 1. The van der Waals surface area contributed by atoms with Gasteiger partial charge in [0.25, 0.3) is 0 Å². The van der Waals surface area contributed by atoms with E-state index in [4.69, 9.17) is 0 Å². The molecule has 1 N–H and O–H groups in total. The van der Waals surface area contributed by atoms with Crippen LogP contribution in [0, 0.1) is 0 Å². The Kier molecular flexibility index (Phi) is 5.11. The molecule has 3 rings (SSSR count). The third kappa shape index (κ3) is 4.10. The summed E-state index contributed by atoms with van der Waals surface area (Å²) in [7, 11) is 0. The van der Waals surface area contributed by atoms with Gasteiger partial charge in [0.15, 0.2) is 0 Å². The molecule has 0 unspecified atom stereocenters. The van der Waals surface area contributed by atoms with Crippen LogP contribution in [0.3, 0.4) is 0 Å². The van der Waals surface area contributed by atoms with E-state index in [-0.39, 0.29) is 5.91 Å². The molecule has 0 aliphatic carbocycles. The molecule has 1 aromatic carbocycles. The molecule has 22 heavy (non-hydrogen) atoms. The number of carbonyl (C=O) groups is 1. The van der Waals surface area contributed by atoms with Crippen molar-refractivity contribution in [1.29, 1.82) is 0 Å². The molecule has 1 amide bonds. The van der Waals surface area contributed by atoms with Crippen molar-refractivity contribution in [2.75, 3.05) is 23.3 Å². The number of hydrogen-bond donors (Lipinski definition) is 1. The molecule has 1 aliphatic heterocycles. The third-order valence-electron chi connectivity index (χ3n) is 4.03. The molecule has 0 saturated carbocycles. The van der Waals surface area contributed by atoms with E-state index in [9.17, 15) is 4.79 Å². The van der Waals surface area contributed by atoms with Crippen LogP contribution in [0.25, 0.3) is 0 Å². The summed E-state index contributed by atoms with van der Waals surface area (Å²) in [6.07, 6.45) is 5.20. The van der Waals surface area contributed by atoms with Crippen molar-refractivity contribution in [1.82, 2.24) is 0 Å². The minimum Gasteiger partial charge on any atom is -0.371 e. The van der Waals surface area contributed by atoms with Gasteiger partial charge in [0.2, 0.25) is 5.91 Å². The minimum atomic E-state index is 0.0872. The molecule has 116 valence electrons. The van der Waals surface area contributed by atoms with Gasteiger partial charge in [0, 0.05) is 35.8 Å². The number of hydrogen-bond acceptors (Lipinski definition) is 3. The van der Waals surface area contributed by atoms with E-state index < -0.39 is 0 Å². The molecule has 1 aliphatic rings. The molecule has 0 spiro atoms. The average Bonchev–Trinajstić information content (AvgIpc) is 3.08. The Hall–Kier alpha value is -1.81. The third-order valence-corrected chi connectivity index (χ3v) is 4.97. The van der Waals surface area contributed by atoms with Crippen molar-refractivity contribution < 1.29 is 4.79 Å². The van der Waals surface area contributed by atoms with Crippen LogP contribution >= 0.6 is 11.3 Å². The van der Waals surface area contributed by atoms with Gasteiger partial charge >= 0.3 is 0 Å². The summed E-state index contributed by atoms with van der Waals surface area (Å²) in [6.45, 7) is 2.24. The normalized spacial score (nSPS) is 14.8. The standard InChI is InChI=1S/C18H22N2OS/c21-18(10-9-17-8-5-13-22-17)19-15-6-4-7-16(14-15)20-11-2-1-3-12-20/h4-8,13-14H,1-3,9-12H2,(H,19,21). The first-order valence-electron chi connectivity index (χ1n) is 7.98. The van der Waals surface area contributed by atoms with Crippen molar-refractivity contribution in [2.45, 2.75) is 32.1 Å². The van der Waals surface area contributed by atoms with E-state index in [0.29, 0.717) is 6.42 Å². The number of nitrogens with one attached hydrogen (secondary N) is 1. The van der Waals surface area contributed by atoms with Crippen LogP contribution < -0.4 is 10.2 Å². The van der Waals surface area contributed by atoms with E-state index in [2.05, 4.69) is 33.8 Å². The van der Waals surface area contributed by atoms with Crippen LogP contribution in [-0.2, 0) is 11.2 Å². The number of anilines is 2. The number of nitrogens with zero attached hydrogens (tertiary/aromatic N) is 1. The largest absolute Gasteiger partial charge is 0.371 e. The van der Waals surface area contributed by atoms with Gasteiger partial charge in [0.05, 0.1) is 0 Å². The quantitative estimate of drug-likeness (QED) is 0.892. The zero-order valence-electron chi connectivity index (χ0n) is 12.8. The Morgan fingerprint density at radius 3 is 2.77 bits per heavy atom. The van der Waals surface area contributed by atoms with Crippen molar-refractivity contribution in [3.8, 4) is 0 Å². The summed E-state index contributed by atoms with van der Waals surface area (Å²) >= 11 is 1.71. The second kappa shape index (κ2) is 7.45. The maximum absolute atomic E-state index is 12.1. The Labute approximate surface area is 136 Å². The minimum absolute atomic E-state index is 0.0872. The molecule has 0 radical (unpaired) electrons. The number of aryl methyl sites for hydroxylation is 1. The smallest absolute Gasteiger partial charge is 0.224 e. The van der Waals surface area contributed by atoms with Gasteiger partial charge in [-0.2, -0.15) is 0 Å². The Morgan fingerprint density at radius 1 is 1.14 bits per heavy atom. The van der Waals surface area contributed by atoms with Gasteiger partial charge in [0.1, 0.15) is 0 Å². The zero-order chi connectivity index (χ0) is 15.2. The van der Waals surface area contributed by atoms with E-state index in [1.54, 1.807) is 11.3 Å². The van der Waals surface area contributed by atoms with E-state index in [1.807, 2.05) is 18.2 Å². The average molecular weight is 314 g/mol. The van der Waals surface area contributed by atoms with E-state index in [1.165, 1.54) is 29.8 Å². The lowest BCUT2D eigenvalue weighted by Crippen LogP contribution is -2.29. The van der Waals surface area contributed by atoms with Crippen LogP contribution in [0.5, 0.6) is 0 Å². The zero-order valence-corrected chi connectivity index (χ0v) is 13.6. The number of carbonyl (C=O) groups excluding carboxylic acids is 1. The summed E-state index contributed by atoms with van der Waals surface area (Å²) in [5.74, 6) is 0.0872. The number of amides is 1. The molecule has 1 fully saturated rings. The molecule has 0 atom stereocenters. The molecule has 4 heteroatoms. The van der Waals surface area contributed by atoms with Gasteiger partial charge in [-0.05, 0) is 55.3 Å². The summed E-state index contributed by atoms with van der Waals surface area (Å²) in [5, 5.41) is 5.07. The van der Waals surface area contributed by atoms with E-state index >= 15 is 0 Å². The molecular weight excluding hydrogens is 292 g/mol. The highest BCUT2D eigenvalue weighted by Crippen LogP contribution is 2.23. The summed E-state index contributed by atoms with van der Waals surface area (Å²) in [6, 6.07) is 12.3. The Bertz CT molecular complexity index is 603. The SMILES string of the molecule is O=C(CCc1cccs1)Nc1cccc(N2CCCCC2)c1. The van der Waals surface area contributed by atoms with Crippen molar-refractivity contribution in [3.63, 3.8) is 0 Å². The Morgan fingerprint density at radius 2 is 2.00 bits per heavy atom. The summed E-state index contributed by atoms with van der Waals surface area (Å²) < 4.78 is 0. The van der Waals surface area contributed by atoms with Gasteiger partial charge in [-0.25, -0.2) is 0 Å².